The Hall–Kier alpha value is -0.650. The number of hydrogen-bond donors (Lipinski definition) is 3. The number of piperidine rings is 2. The van der Waals surface area contributed by atoms with E-state index in [0.29, 0.717) is 12.3 Å². The summed E-state index contributed by atoms with van der Waals surface area (Å²) < 4.78 is 0. The topological polar surface area (TPSA) is 64.6 Å². The van der Waals surface area contributed by atoms with Crippen LogP contribution < -0.4 is 10.6 Å². The Morgan fingerprint density at radius 3 is 2.54 bits per heavy atom. The molecule has 0 bridgehead atoms. The van der Waals surface area contributed by atoms with Crippen molar-refractivity contribution < 1.29 is 9.90 Å². The average molecular weight is 340 g/mol. The molecule has 3 N–H and O–H groups in total. The van der Waals surface area contributed by atoms with Gasteiger partial charge in [-0.3, -0.25) is 4.79 Å². The van der Waals surface area contributed by atoms with Gasteiger partial charge in [-0.15, -0.1) is 0 Å². The van der Waals surface area contributed by atoms with E-state index in [2.05, 4.69) is 43.2 Å². The molecule has 5 nitrogen and oxygen atoms in total. The predicted octanol–water partition coefficient (Wildman–Crippen LogP) is 1.90. The van der Waals surface area contributed by atoms with Crippen molar-refractivity contribution in [1.29, 1.82) is 0 Å². The van der Waals surface area contributed by atoms with Crippen LogP contribution in [0.4, 0.5) is 0 Å². The fourth-order valence-electron chi connectivity index (χ4n) is 4.78. The highest BCUT2D eigenvalue weighted by Gasteiger charge is 2.38. The van der Waals surface area contributed by atoms with E-state index in [-0.39, 0.29) is 23.1 Å². The van der Waals surface area contributed by atoms with Gasteiger partial charge in [0, 0.05) is 30.6 Å². The molecule has 24 heavy (non-hydrogen) atoms. The van der Waals surface area contributed by atoms with Gasteiger partial charge in [0.05, 0.1) is 6.10 Å². The highest BCUT2D eigenvalue weighted by molar-refractivity contribution is 5.76. The van der Waals surface area contributed by atoms with Crippen LogP contribution in [0.5, 0.6) is 0 Å². The van der Waals surface area contributed by atoms with Gasteiger partial charge in [-0.1, -0.05) is 0 Å². The fourth-order valence-corrected chi connectivity index (χ4v) is 4.78. The SMILES string of the molecule is CC1(C)CC(CC(=O)NCCCN2CCCC(O)C2)CC(C)(C)N1. The third-order valence-electron chi connectivity index (χ3n) is 5.20. The van der Waals surface area contributed by atoms with Crippen LogP contribution in [0, 0.1) is 5.92 Å². The molecule has 2 fully saturated rings. The first-order chi connectivity index (χ1) is 11.2. The van der Waals surface area contributed by atoms with E-state index in [4.69, 9.17) is 0 Å². The van der Waals surface area contributed by atoms with Gasteiger partial charge in [-0.25, -0.2) is 0 Å². The van der Waals surface area contributed by atoms with Crippen molar-refractivity contribution in [2.75, 3.05) is 26.2 Å². The fraction of sp³-hybridized carbons (Fsp3) is 0.947. The summed E-state index contributed by atoms with van der Waals surface area (Å²) in [6.45, 7) is 12.5. The minimum atomic E-state index is -0.167. The number of aliphatic hydroxyl groups is 1. The second-order valence-corrected chi connectivity index (χ2v) is 9.17. The quantitative estimate of drug-likeness (QED) is 0.647. The molecule has 1 atom stereocenters. The van der Waals surface area contributed by atoms with Crippen LogP contribution in [-0.4, -0.2) is 59.3 Å². The molecule has 2 saturated heterocycles. The van der Waals surface area contributed by atoms with Crippen LogP contribution in [0.15, 0.2) is 0 Å². The van der Waals surface area contributed by atoms with Crippen LogP contribution in [0.2, 0.25) is 0 Å². The molecule has 0 aliphatic carbocycles. The molecule has 0 aromatic rings. The number of likely N-dealkylation sites (tertiary alicyclic amines) is 1. The largest absolute Gasteiger partial charge is 0.392 e. The predicted molar refractivity (Wildman–Crippen MR) is 97.9 cm³/mol. The number of carbonyl (C=O) groups excluding carboxylic acids is 1. The smallest absolute Gasteiger partial charge is 0.220 e. The Bertz CT molecular complexity index is 407. The molecule has 5 heteroatoms. The molecule has 1 amide bonds. The van der Waals surface area contributed by atoms with E-state index in [9.17, 15) is 9.90 Å². The Kier molecular flexibility index (Phi) is 6.68. The highest BCUT2D eigenvalue weighted by atomic mass is 16.3. The number of nitrogens with one attached hydrogen (secondary N) is 2. The number of nitrogens with zero attached hydrogens (tertiary/aromatic N) is 1. The lowest BCUT2D eigenvalue weighted by Gasteiger charge is -2.46. The maximum atomic E-state index is 12.3. The van der Waals surface area contributed by atoms with Crippen LogP contribution in [0.25, 0.3) is 0 Å². The van der Waals surface area contributed by atoms with Gasteiger partial charge < -0.3 is 20.6 Å². The molecular weight excluding hydrogens is 302 g/mol. The van der Waals surface area contributed by atoms with Crippen LogP contribution in [0.1, 0.15) is 66.2 Å². The molecule has 2 aliphatic heterocycles. The molecule has 0 aromatic carbocycles. The molecular formula is C19H37N3O2. The first-order valence-electron chi connectivity index (χ1n) is 9.62. The van der Waals surface area contributed by atoms with Crippen molar-refractivity contribution in [1.82, 2.24) is 15.5 Å². The molecule has 0 spiro atoms. The van der Waals surface area contributed by atoms with Crippen LogP contribution >= 0.6 is 0 Å². The second kappa shape index (κ2) is 8.15. The molecule has 2 heterocycles. The van der Waals surface area contributed by atoms with Gasteiger partial charge in [0.2, 0.25) is 5.91 Å². The number of β-amino-alcohol motifs (C(OH)–C–C–N with tert-alkyl or cyclic N) is 1. The van der Waals surface area contributed by atoms with Crippen molar-refractivity contribution in [3.8, 4) is 0 Å². The zero-order valence-electron chi connectivity index (χ0n) is 16.0. The van der Waals surface area contributed by atoms with Crippen molar-refractivity contribution in [2.24, 2.45) is 5.92 Å². The summed E-state index contributed by atoms with van der Waals surface area (Å²) in [6.07, 6.45) is 5.54. The molecule has 140 valence electrons. The molecule has 2 aliphatic rings. The monoisotopic (exact) mass is 339 g/mol. The Morgan fingerprint density at radius 1 is 1.25 bits per heavy atom. The minimum absolute atomic E-state index is 0.0990. The Morgan fingerprint density at radius 2 is 1.92 bits per heavy atom. The maximum absolute atomic E-state index is 12.3. The molecule has 1 unspecified atom stereocenters. The van der Waals surface area contributed by atoms with Crippen molar-refractivity contribution in [3.05, 3.63) is 0 Å². The van der Waals surface area contributed by atoms with Gasteiger partial charge in [0.1, 0.15) is 0 Å². The van der Waals surface area contributed by atoms with Gasteiger partial charge in [-0.2, -0.15) is 0 Å². The third kappa shape index (κ3) is 6.69. The molecule has 0 radical (unpaired) electrons. The molecule has 2 rings (SSSR count). The minimum Gasteiger partial charge on any atom is -0.392 e. The van der Waals surface area contributed by atoms with Gasteiger partial charge >= 0.3 is 0 Å². The highest BCUT2D eigenvalue weighted by Crippen LogP contribution is 2.34. The van der Waals surface area contributed by atoms with Gasteiger partial charge in [0.15, 0.2) is 0 Å². The zero-order chi connectivity index (χ0) is 17.8. The van der Waals surface area contributed by atoms with E-state index < -0.39 is 0 Å². The number of aliphatic hydroxyl groups excluding tert-OH is 1. The van der Waals surface area contributed by atoms with Crippen molar-refractivity contribution >= 4 is 5.91 Å². The van der Waals surface area contributed by atoms with E-state index in [1.54, 1.807) is 0 Å². The number of carbonyl (C=O) groups is 1. The zero-order valence-corrected chi connectivity index (χ0v) is 16.0. The standard InChI is InChI=1S/C19H37N3O2/c1-18(2)12-15(13-19(3,4)21-18)11-17(24)20-8-6-10-22-9-5-7-16(23)14-22/h15-16,21,23H,5-14H2,1-4H3,(H,20,24). The molecule has 0 saturated carbocycles. The summed E-state index contributed by atoms with van der Waals surface area (Å²) in [5, 5.41) is 16.4. The summed E-state index contributed by atoms with van der Waals surface area (Å²) in [7, 11) is 0. The summed E-state index contributed by atoms with van der Waals surface area (Å²) in [5.74, 6) is 0.640. The lowest BCUT2D eigenvalue weighted by molar-refractivity contribution is -0.122. The Balaban J connectivity index is 1.64. The van der Waals surface area contributed by atoms with E-state index in [0.717, 1.165) is 58.3 Å². The van der Waals surface area contributed by atoms with E-state index in [1.165, 1.54) is 0 Å². The first kappa shape index (κ1) is 19.7. The second-order valence-electron chi connectivity index (χ2n) is 9.17. The molecule has 0 aromatic heterocycles. The average Bonchev–Trinajstić information content (AvgIpc) is 2.40. The number of amides is 1. The van der Waals surface area contributed by atoms with Crippen molar-refractivity contribution in [2.45, 2.75) is 83.4 Å². The lowest BCUT2D eigenvalue weighted by atomic mass is 9.74. The lowest BCUT2D eigenvalue weighted by Crippen LogP contribution is -2.58. The van der Waals surface area contributed by atoms with E-state index in [1.807, 2.05) is 0 Å². The summed E-state index contributed by atoms with van der Waals surface area (Å²) in [6, 6.07) is 0. The van der Waals surface area contributed by atoms with Gasteiger partial charge in [-0.05, 0) is 78.8 Å². The maximum Gasteiger partial charge on any atom is 0.220 e. The number of hydrogen-bond acceptors (Lipinski definition) is 4. The third-order valence-corrected chi connectivity index (χ3v) is 5.20. The van der Waals surface area contributed by atoms with Crippen LogP contribution in [0.3, 0.4) is 0 Å². The summed E-state index contributed by atoms with van der Waals surface area (Å²) in [4.78, 5) is 14.6. The summed E-state index contributed by atoms with van der Waals surface area (Å²) >= 11 is 0. The first-order valence-corrected chi connectivity index (χ1v) is 9.62. The normalized spacial score (nSPS) is 27.8. The summed E-state index contributed by atoms with van der Waals surface area (Å²) in [5.41, 5.74) is 0.198. The van der Waals surface area contributed by atoms with Gasteiger partial charge in [0.25, 0.3) is 0 Å². The van der Waals surface area contributed by atoms with E-state index >= 15 is 0 Å². The Labute approximate surface area is 147 Å². The van der Waals surface area contributed by atoms with Crippen LogP contribution in [-0.2, 0) is 4.79 Å². The number of rotatable bonds is 6. The van der Waals surface area contributed by atoms with Crippen molar-refractivity contribution in [3.63, 3.8) is 0 Å².